The van der Waals surface area contributed by atoms with E-state index >= 15 is 0 Å². The Balaban J connectivity index is 1.52. The Kier molecular flexibility index (Phi) is 5.48. The zero-order valence-electron chi connectivity index (χ0n) is 15.8. The van der Waals surface area contributed by atoms with Gasteiger partial charge in [0.2, 0.25) is 0 Å². The number of ether oxygens (including phenoxy) is 1. The van der Waals surface area contributed by atoms with Crippen LogP contribution in [-0.2, 0) is 9.53 Å². The Hall–Kier alpha value is -3.72. The lowest BCUT2D eigenvalue weighted by molar-refractivity contribution is -0.143. The molecule has 0 saturated carbocycles. The summed E-state index contributed by atoms with van der Waals surface area (Å²) >= 11 is 0. The summed E-state index contributed by atoms with van der Waals surface area (Å²) in [5.41, 5.74) is 2.20. The van der Waals surface area contributed by atoms with Crippen molar-refractivity contribution in [2.45, 2.75) is 5.92 Å². The summed E-state index contributed by atoms with van der Waals surface area (Å²) < 4.78 is 5.45. The van der Waals surface area contributed by atoms with Gasteiger partial charge in [-0.05, 0) is 28.0 Å². The molecule has 0 bridgehead atoms. The zero-order valence-corrected chi connectivity index (χ0v) is 15.8. The van der Waals surface area contributed by atoms with Crippen LogP contribution in [0, 0.1) is 0 Å². The van der Waals surface area contributed by atoms with Crippen molar-refractivity contribution in [3.63, 3.8) is 0 Å². The number of rotatable bonds is 6. The number of carbonyl (C=O) groups is 2. The molecule has 0 saturated heterocycles. The standard InChI is InChI=1S/C26H20O3/c27-24(23-16-15-19-9-7-8-14-22(19)17-23)18-29-26(28)25(20-10-3-1-4-11-20)21-12-5-2-6-13-21/h1-17,25H,18H2. The lowest BCUT2D eigenvalue weighted by atomic mass is 9.91. The predicted octanol–water partition coefficient (Wildman–Crippen LogP) is 5.40. The molecule has 0 radical (unpaired) electrons. The zero-order chi connectivity index (χ0) is 20.1. The van der Waals surface area contributed by atoms with Gasteiger partial charge in [-0.2, -0.15) is 0 Å². The molecule has 3 nitrogen and oxygen atoms in total. The number of carbonyl (C=O) groups excluding carboxylic acids is 2. The predicted molar refractivity (Wildman–Crippen MR) is 114 cm³/mol. The van der Waals surface area contributed by atoms with E-state index < -0.39 is 11.9 Å². The van der Waals surface area contributed by atoms with Gasteiger partial charge in [-0.15, -0.1) is 0 Å². The molecule has 0 fully saturated rings. The first-order valence-corrected chi connectivity index (χ1v) is 9.51. The lowest BCUT2D eigenvalue weighted by Crippen LogP contribution is -2.21. The summed E-state index contributed by atoms with van der Waals surface area (Å²) in [6.07, 6.45) is 0. The van der Waals surface area contributed by atoms with Crippen LogP contribution < -0.4 is 0 Å². The van der Waals surface area contributed by atoms with Crippen LogP contribution in [0.5, 0.6) is 0 Å². The van der Waals surface area contributed by atoms with Gasteiger partial charge in [0.05, 0.1) is 0 Å². The van der Waals surface area contributed by atoms with E-state index in [0.717, 1.165) is 21.9 Å². The van der Waals surface area contributed by atoms with Crippen molar-refractivity contribution in [2.24, 2.45) is 0 Å². The third kappa shape index (κ3) is 4.25. The minimum Gasteiger partial charge on any atom is -0.457 e. The maximum atomic E-state index is 12.9. The fraction of sp³-hybridized carbons (Fsp3) is 0.0769. The first-order valence-electron chi connectivity index (χ1n) is 9.51. The van der Waals surface area contributed by atoms with Gasteiger partial charge in [0.25, 0.3) is 0 Å². The van der Waals surface area contributed by atoms with Crippen LogP contribution in [-0.4, -0.2) is 18.4 Å². The Morgan fingerprint density at radius 2 is 1.21 bits per heavy atom. The fourth-order valence-corrected chi connectivity index (χ4v) is 3.42. The molecular formula is C26H20O3. The molecule has 0 N–H and O–H groups in total. The fourth-order valence-electron chi connectivity index (χ4n) is 3.42. The molecule has 0 aromatic heterocycles. The molecule has 0 aliphatic rings. The van der Waals surface area contributed by atoms with Crippen molar-refractivity contribution < 1.29 is 14.3 Å². The van der Waals surface area contributed by atoms with E-state index in [0.29, 0.717) is 5.56 Å². The molecule has 0 unspecified atom stereocenters. The van der Waals surface area contributed by atoms with E-state index in [9.17, 15) is 9.59 Å². The SMILES string of the molecule is O=C(COC(=O)C(c1ccccc1)c1ccccc1)c1ccc2ccccc2c1. The molecule has 0 aliphatic heterocycles. The number of hydrogen-bond acceptors (Lipinski definition) is 3. The molecule has 4 aromatic carbocycles. The van der Waals surface area contributed by atoms with E-state index in [-0.39, 0.29) is 12.4 Å². The quantitative estimate of drug-likeness (QED) is 0.332. The van der Waals surface area contributed by atoms with E-state index in [1.165, 1.54) is 0 Å². The highest BCUT2D eigenvalue weighted by Crippen LogP contribution is 2.26. The third-order valence-electron chi connectivity index (χ3n) is 4.92. The number of ketones is 1. The molecule has 3 heteroatoms. The van der Waals surface area contributed by atoms with Crippen LogP contribution in [0.3, 0.4) is 0 Å². The third-order valence-corrected chi connectivity index (χ3v) is 4.92. The van der Waals surface area contributed by atoms with Gasteiger partial charge < -0.3 is 4.74 Å². The van der Waals surface area contributed by atoms with Crippen LogP contribution in [0.25, 0.3) is 10.8 Å². The average Bonchev–Trinajstić information content (AvgIpc) is 2.79. The monoisotopic (exact) mass is 380 g/mol. The first-order chi connectivity index (χ1) is 14.2. The summed E-state index contributed by atoms with van der Waals surface area (Å²) in [6.45, 7) is -0.284. The number of benzene rings is 4. The number of Topliss-reactive ketones (excluding diaryl/α,β-unsaturated/α-hetero) is 1. The minimum atomic E-state index is -0.568. The molecule has 0 spiro atoms. The topological polar surface area (TPSA) is 43.4 Å². The molecule has 0 heterocycles. The van der Waals surface area contributed by atoms with E-state index in [4.69, 9.17) is 4.74 Å². The molecule has 4 aromatic rings. The largest absolute Gasteiger partial charge is 0.457 e. The van der Waals surface area contributed by atoms with Gasteiger partial charge >= 0.3 is 5.97 Å². The summed E-state index contributed by atoms with van der Waals surface area (Å²) in [5, 5.41) is 2.05. The van der Waals surface area contributed by atoms with Crippen molar-refractivity contribution >= 4 is 22.5 Å². The van der Waals surface area contributed by atoms with Gasteiger partial charge in [0.1, 0.15) is 5.92 Å². The number of fused-ring (bicyclic) bond motifs is 1. The van der Waals surface area contributed by atoms with Crippen LogP contribution in [0.1, 0.15) is 27.4 Å². The highest BCUT2D eigenvalue weighted by molar-refractivity contribution is 6.01. The van der Waals surface area contributed by atoms with E-state index in [2.05, 4.69) is 0 Å². The second-order valence-corrected chi connectivity index (χ2v) is 6.85. The maximum absolute atomic E-state index is 12.9. The van der Waals surface area contributed by atoms with Gasteiger partial charge in [0.15, 0.2) is 12.4 Å². The Bertz CT molecular complexity index is 1090. The highest BCUT2D eigenvalue weighted by atomic mass is 16.5. The second-order valence-electron chi connectivity index (χ2n) is 6.85. The van der Waals surface area contributed by atoms with Crippen molar-refractivity contribution in [1.29, 1.82) is 0 Å². The van der Waals surface area contributed by atoms with Crippen molar-refractivity contribution in [3.8, 4) is 0 Å². The molecule has 0 amide bonds. The van der Waals surface area contributed by atoms with Crippen LogP contribution in [0.2, 0.25) is 0 Å². The Labute approximate surface area is 169 Å². The Morgan fingerprint density at radius 1 is 0.655 bits per heavy atom. The summed E-state index contributed by atoms with van der Waals surface area (Å²) in [7, 11) is 0. The van der Waals surface area contributed by atoms with Gasteiger partial charge in [-0.1, -0.05) is 97.1 Å². The molecule has 0 aliphatic carbocycles. The summed E-state index contributed by atoms with van der Waals surface area (Å²) in [4.78, 5) is 25.5. The minimum absolute atomic E-state index is 0.219. The van der Waals surface area contributed by atoms with Gasteiger partial charge in [-0.25, -0.2) is 0 Å². The average molecular weight is 380 g/mol. The number of esters is 1. The first kappa shape index (κ1) is 18.6. The van der Waals surface area contributed by atoms with Crippen molar-refractivity contribution in [3.05, 3.63) is 120 Å². The van der Waals surface area contributed by atoms with E-state index in [1.807, 2.05) is 97.1 Å². The normalized spacial score (nSPS) is 10.8. The lowest BCUT2D eigenvalue weighted by Gasteiger charge is -2.17. The van der Waals surface area contributed by atoms with Crippen LogP contribution >= 0.6 is 0 Å². The molecular weight excluding hydrogens is 360 g/mol. The second kappa shape index (κ2) is 8.53. The molecule has 29 heavy (non-hydrogen) atoms. The molecule has 0 atom stereocenters. The van der Waals surface area contributed by atoms with Crippen molar-refractivity contribution in [1.82, 2.24) is 0 Å². The van der Waals surface area contributed by atoms with Gasteiger partial charge in [0, 0.05) is 5.56 Å². The maximum Gasteiger partial charge on any atom is 0.318 e. The summed E-state index contributed by atoms with van der Waals surface area (Å²) in [5.74, 6) is -1.22. The summed E-state index contributed by atoms with van der Waals surface area (Å²) in [6, 6.07) is 32.3. The molecule has 142 valence electrons. The highest BCUT2D eigenvalue weighted by Gasteiger charge is 2.25. The van der Waals surface area contributed by atoms with Crippen LogP contribution in [0.4, 0.5) is 0 Å². The Morgan fingerprint density at radius 3 is 1.83 bits per heavy atom. The molecule has 4 rings (SSSR count). The number of hydrogen-bond donors (Lipinski definition) is 0. The van der Waals surface area contributed by atoms with Crippen LogP contribution in [0.15, 0.2) is 103 Å². The van der Waals surface area contributed by atoms with E-state index in [1.54, 1.807) is 6.07 Å². The smallest absolute Gasteiger partial charge is 0.318 e. The van der Waals surface area contributed by atoms with Crippen molar-refractivity contribution in [2.75, 3.05) is 6.61 Å². The van der Waals surface area contributed by atoms with Gasteiger partial charge in [-0.3, -0.25) is 9.59 Å².